The minimum absolute atomic E-state index is 0.276. The fourth-order valence-corrected chi connectivity index (χ4v) is 2.62. The van der Waals surface area contributed by atoms with Crippen molar-refractivity contribution in [3.05, 3.63) is 57.5 Å². The Labute approximate surface area is 138 Å². The normalized spacial score (nSPS) is 20.3. The van der Waals surface area contributed by atoms with Gasteiger partial charge in [0.2, 0.25) is 0 Å². The Morgan fingerprint density at radius 2 is 2.14 bits per heavy atom. The number of rotatable bonds is 4. The van der Waals surface area contributed by atoms with Gasteiger partial charge in [0.1, 0.15) is 11.5 Å². The summed E-state index contributed by atoms with van der Waals surface area (Å²) in [6, 6.07) is 8.47. The second-order valence-electron chi connectivity index (χ2n) is 5.38. The molecule has 0 unspecified atom stereocenters. The average molecular weight is 337 g/mol. The Morgan fingerprint density at radius 3 is 2.86 bits per heavy atom. The van der Waals surface area contributed by atoms with E-state index in [0.29, 0.717) is 27.6 Å². The van der Waals surface area contributed by atoms with Crippen LogP contribution in [-0.2, 0) is 0 Å². The molecule has 3 rings (SSSR count). The molecule has 2 aromatic rings. The lowest BCUT2D eigenvalue weighted by molar-refractivity contribution is 0.0955. The minimum atomic E-state index is -0.425. The number of hydrogen-bond donors (Lipinski definition) is 1. The standard InChI is InChI=1S/C16H14Cl2N2O2/c1-9-6-12(9)15-5-3-11(22-15)8-19-20-16(21)13-7-10(17)2-4-14(13)18/h2-5,7-9,12H,6H2,1H3,(H,20,21)/b19-8-/t9-,12-/m1/s1. The average Bonchev–Trinajstić information content (AvgIpc) is 3.03. The van der Waals surface area contributed by atoms with Crippen LogP contribution < -0.4 is 5.43 Å². The molecule has 6 heteroatoms. The molecule has 0 bridgehead atoms. The highest BCUT2D eigenvalue weighted by Gasteiger charge is 2.36. The molecule has 1 N–H and O–H groups in total. The number of benzene rings is 1. The molecule has 4 nitrogen and oxygen atoms in total. The highest BCUT2D eigenvalue weighted by atomic mass is 35.5. The number of carbonyl (C=O) groups is 1. The van der Waals surface area contributed by atoms with Crippen LogP contribution >= 0.6 is 23.2 Å². The number of carbonyl (C=O) groups excluding carboxylic acids is 1. The highest BCUT2D eigenvalue weighted by Crippen LogP contribution is 2.47. The Balaban J connectivity index is 1.63. The smallest absolute Gasteiger partial charge is 0.272 e. The second kappa shape index (κ2) is 6.15. The van der Waals surface area contributed by atoms with E-state index < -0.39 is 5.91 Å². The first-order chi connectivity index (χ1) is 10.5. The van der Waals surface area contributed by atoms with Crippen LogP contribution in [0.1, 0.15) is 41.1 Å². The third-order valence-electron chi connectivity index (χ3n) is 3.65. The van der Waals surface area contributed by atoms with Crippen molar-refractivity contribution in [1.29, 1.82) is 0 Å². The lowest BCUT2D eigenvalue weighted by Crippen LogP contribution is -2.18. The molecule has 0 spiro atoms. The topological polar surface area (TPSA) is 54.6 Å². The summed E-state index contributed by atoms with van der Waals surface area (Å²) in [4.78, 5) is 12.0. The molecule has 1 aliphatic rings. The van der Waals surface area contributed by atoms with Gasteiger partial charge in [-0.2, -0.15) is 5.10 Å². The van der Waals surface area contributed by atoms with Crippen LogP contribution in [0.3, 0.4) is 0 Å². The van der Waals surface area contributed by atoms with E-state index >= 15 is 0 Å². The number of halogens is 2. The van der Waals surface area contributed by atoms with E-state index in [1.165, 1.54) is 12.3 Å². The van der Waals surface area contributed by atoms with Crippen molar-refractivity contribution in [3.8, 4) is 0 Å². The van der Waals surface area contributed by atoms with E-state index in [0.717, 1.165) is 12.2 Å². The first-order valence-corrected chi connectivity index (χ1v) is 7.68. The first-order valence-electron chi connectivity index (χ1n) is 6.93. The van der Waals surface area contributed by atoms with E-state index in [9.17, 15) is 4.79 Å². The predicted octanol–water partition coefficient (Wildman–Crippen LogP) is 4.47. The Kier molecular flexibility index (Phi) is 4.23. The van der Waals surface area contributed by atoms with Gasteiger partial charge in [-0.3, -0.25) is 4.79 Å². The molecule has 0 saturated heterocycles. The molecule has 2 atom stereocenters. The molecule has 1 heterocycles. The van der Waals surface area contributed by atoms with Gasteiger partial charge >= 0.3 is 0 Å². The quantitative estimate of drug-likeness (QED) is 0.661. The Bertz CT molecular complexity index is 739. The van der Waals surface area contributed by atoms with Gasteiger partial charge in [-0.1, -0.05) is 30.1 Å². The number of hydrogen-bond acceptors (Lipinski definition) is 3. The lowest BCUT2D eigenvalue weighted by Gasteiger charge is -2.02. The second-order valence-corrected chi connectivity index (χ2v) is 6.23. The number of nitrogens with zero attached hydrogens (tertiary/aromatic N) is 1. The van der Waals surface area contributed by atoms with Gasteiger partial charge in [0.05, 0.1) is 16.8 Å². The third kappa shape index (κ3) is 3.34. The molecule has 1 amide bonds. The van der Waals surface area contributed by atoms with Crippen LogP contribution in [0.25, 0.3) is 0 Å². The number of nitrogens with one attached hydrogen (secondary N) is 1. The number of furan rings is 1. The van der Waals surface area contributed by atoms with Gasteiger partial charge in [-0.05, 0) is 42.7 Å². The minimum Gasteiger partial charge on any atom is -0.460 e. The van der Waals surface area contributed by atoms with Crippen LogP contribution in [0.15, 0.2) is 39.9 Å². The van der Waals surface area contributed by atoms with E-state index in [4.69, 9.17) is 27.6 Å². The van der Waals surface area contributed by atoms with E-state index in [1.54, 1.807) is 12.1 Å². The van der Waals surface area contributed by atoms with E-state index in [1.807, 2.05) is 12.1 Å². The van der Waals surface area contributed by atoms with Crippen molar-refractivity contribution in [3.63, 3.8) is 0 Å². The molecular weight excluding hydrogens is 323 g/mol. The lowest BCUT2D eigenvalue weighted by atomic mass is 10.2. The molecule has 1 fully saturated rings. The molecule has 0 radical (unpaired) electrons. The van der Waals surface area contributed by atoms with Gasteiger partial charge in [0.25, 0.3) is 5.91 Å². The number of hydrazone groups is 1. The van der Waals surface area contributed by atoms with Crippen LogP contribution in [0.4, 0.5) is 0 Å². The summed E-state index contributed by atoms with van der Waals surface area (Å²) >= 11 is 11.8. The summed E-state index contributed by atoms with van der Waals surface area (Å²) in [5.74, 6) is 2.35. The van der Waals surface area contributed by atoms with Crippen LogP contribution in [-0.4, -0.2) is 12.1 Å². The van der Waals surface area contributed by atoms with E-state index in [-0.39, 0.29) is 5.56 Å². The van der Waals surface area contributed by atoms with Crippen molar-refractivity contribution < 1.29 is 9.21 Å². The predicted molar refractivity (Wildman–Crippen MR) is 86.8 cm³/mol. The fraction of sp³-hybridized carbons (Fsp3) is 0.250. The molecule has 1 aromatic carbocycles. The van der Waals surface area contributed by atoms with Gasteiger partial charge in [-0.15, -0.1) is 0 Å². The van der Waals surface area contributed by atoms with Gasteiger partial charge in [0.15, 0.2) is 0 Å². The summed E-state index contributed by atoms with van der Waals surface area (Å²) in [6.07, 6.45) is 2.63. The Morgan fingerprint density at radius 1 is 1.36 bits per heavy atom. The molecule has 1 aliphatic carbocycles. The monoisotopic (exact) mass is 336 g/mol. The summed E-state index contributed by atoms with van der Waals surface area (Å²) in [5, 5.41) is 4.64. The van der Waals surface area contributed by atoms with Gasteiger partial charge in [-0.25, -0.2) is 5.43 Å². The third-order valence-corrected chi connectivity index (χ3v) is 4.22. The van der Waals surface area contributed by atoms with Crippen LogP contribution in [0, 0.1) is 5.92 Å². The molecule has 114 valence electrons. The highest BCUT2D eigenvalue weighted by molar-refractivity contribution is 6.35. The summed E-state index contributed by atoms with van der Waals surface area (Å²) in [6.45, 7) is 2.19. The first kappa shape index (κ1) is 15.1. The largest absolute Gasteiger partial charge is 0.460 e. The van der Waals surface area contributed by atoms with Gasteiger partial charge < -0.3 is 4.42 Å². The van der Waals surface area contributed by atoms with Crippen molar-refractivity contribution in [2.75, 3.05) is 0 Å². The van der Waals surface area contributed by atoms with Gasteiger partial charge in [0, 0.05) is 10.9 Å². The molecular formula is C16H14Cl2N2O2. The zero-order chi connectivity index (χ0) is 15.7. The number of amides is 1. The van der Waals surface area contributed by atoms with Crippen molar-refractivity contribution in [2.24, 2.45) is 11.0 Å². The van der Waals surface area contributed by atoms with E-state index in [2.05, 4.69) is 17.5 Å². The fourth-order valence-electron chi connectivity index (χ4n) is 2.24. The molecule has 1 aromatic heterocycles. The van der Waals surface area contributed by atoms with Crippen molar-refractivity contribution in [2.45, 2.75) is 19.3 Å². The Hall–Kier alpha value is -1.78. The summed E-state index contributed by atoms with van der Waals surface area (Å²) in [7, 11) is 0. The SMILES string of the molecule is C[C@@H]1C[C@H]1c1ccc(/C=N\NC(=O)c2cc(Cl)ccc2Cl)o1. The summed E-state index contributed by atoms with van der Waals surface area (Å²) in [5.41, 5.74) is 2.68. The van der Waals surface area contributed by atoms with Crippen molar-refractivity contribution >= 4 is 35.3 Å². The zero-order valence-corrected chi connectivity index (χ0v) is 13.4. The molecule has 22 heavy (non-hydrogen) atoms. The van der Waals surface area contributed by atoms with Crippen LogP contribution in [0.2, 0.25) is 10.0 Å². The van der Waals surface area contributed by atoms with Crippen LogP contribution in [0.5, 0.6) is 0 Å². The zero-order valence-electron chi connectivity index (χ0n) is 11.8. The molecule has 0 aliphatic heterocycles. The maximum Gasteiger partial charge on any atom is 0.272 e. The summed E-state index contributed by atoms with van der Waals surface area (Å²) < 4.78 is 5.66. The maximum atomic E-state index is 12.0. The molecule has 1 saturated carbocycles. The van der Waals surface area contributed by atoms with Crippen molar-refractivity contribution in [1.82, 2.24) is 5.43 Å². The maximum absolute atomic E-state index is 12.0.